The number of H-pyrrole nitrogens is 1. The van der Waals surface area contributed by atoms with Gasteiger partial charge < -0.3 is 15.0 Å². The van der Waals surface area contributed by atoms with Gasteiger partial charge in [-0.3, -0.25) is 4.79 Å². The molecule has 0 amide bonds. The molecule has 0 spiro atoms. The summed E-state index contributed by atoms with van der Waals surface area (Å²) in [6.07, 6.45) is 0. The van der Waals surface area contributed by atoms with Crippen LogP contribution in [0.15, 0.2) is 35.1 Å². The first-order chi connectivity index (χ1) is 10.1. The van der Waals surface area contributed by atoms with Gasteiger partial charge >= 0.3 is 0 Å². The van der Waals surface area contributed by atoms with Crippen LogP contribution >= 0.6 is 0 Å². The topological polar surface area (TPSA) is 67.0 Å². The molecule has 112 valence electrons. The van der Waals surface area contributed by atoms with E-state index in [2.05, 4.69) is 29.1 Å². The molecule has 1 heterocycles. The SMILES string of the molecule is COc1cccc(-c2nc(CNCC(C)C)cc(=O)[nH]2)c1. The minimum Gasteiger partial charge on any atom is -0.497 e. The molecule has 1 aromatic carbocycles. The molecule has 2 aromatic rings. The van der Waals surface area contributed by atoms with Crippen molar-refractivity contribution in [1.29, 1.82) is 0 Å². The number of methoxy groups -OCH3 is 1. The number of aromatic nitrogens is 2. The van der Waals surface area contributed by atoms with Crippen LogP contribution in [0.4, 0.5) is 0 Å². The summed E-state index contributed by atoms with van der Waals surface area (Å²) in [6, 6.07) is 9.00. The fourth-order valence-corrected chi connectivity index (χ4v) is 1.99. The lowest BCUT2D eigenvalue weighted by Crippen LogP contribution is -2.21. The predicted octanol–water partition coefficient (Wildman–Crippen LogP) is 2.19. The third-order valence-corrected chi connectivity index (χ3v) is 3.00. The molecule has 5 heteroatoms. The van der Waals surface area contributed by atoms with Gasteiger partial charge in [-0.05, 0) is 24.6 Å². The van der Waals surface area contributed by atoms with Crippen molar-refractivity contribution in [3.05, 3.63) is 46.4 Å². The Labute approximate surface area is 124 Å². The Balaban J connectivity index is 2.23. The number of nitrogens with zero attached hydrogens (tertiary/aromatic N) is 1. The van der Waals surface area contributed by atoms with Gasteiger partial charge in [0.1, 0.15) is 11.6 Å². The largest absolute Gasteiger partial charge is 0.497 e. The summed E-state index contributed by atoms with van der Waals surface area (Å²) in [7, 11) is 1.61. The zero-order valence-corrected chi connectivity index (χ0v) is 12.6. The average molecular weight is 287 g/mol. The van der Waals surface area contributed by atoms with Crippen LogP contribution < -0.4 is 15.6 Å². The van der Waals surface area contributed by atoms with E-state index in [1.54, 1.807) is 7.11 Å². The van der Waals surface area contributed by atoms with Gasteiger partial charge in [0.25, 0.3) is 5.56 Å². The summed E-state index contributed by atoms with van der Waals surface area (Å²) in [5, 5.41) is 3.29. The maximum Gasteiger partial charge on any atom is 0.251 e. The molecular weight excluding hydrogens is 266 g/mol. The van der Waals surface area contributed by atoms with Crippen LogP contribution in [0.25, 0.3) is 11.4 Å². The molecule has 0 aliphatic carbocycles. The molecule has 0 fully saturated rings. The molecule has 1 aromatic heterocycles. The first kappa shape index (κ1) is 15.3. The molecule has 0 radical (unpaired) electrons. The fraction of sp³-hybridized carbons (Fsp3) is 0.375. The highest BCUT2D eigenvalue weighted by Gasteiger charge is 2.05. The third kappa shape index (κ3) is 4.43. The fourth-order valence-electron chi connectivity index (χ4n) is 1.99. The lowest BCUT2D eigenvalue weighted by atomic mass is 10.2. The molecule has 0 unspecified atom stereocenters. The first-order valence-electron chi connectivity index (χ1n) is 7.04. The monoisotopic (exact) mass is 287 g/mol. The Bertz CT molecular complexity index is 650. The number of hydrogen-bond donors (Lipinski definition) is 2. The van der Waals surface area contributed by atoms with Crippen molar-refractivity contribution in [2.75, 3.05) is 13.7 Å². The molecule has 0 aliphatic heterocycles. The highest BCUT2D eigenvalue weighted by molar-refractivity contribution is 5.57. The molecule has 0 saturated carbocycles. The Kier molecular flexibility index (Phi) is 5.11. The van der Waals surface area contributed by atoms with Gasteiger partial charge in [0.15, 0.2) is 0 Å². The van der Waals surface area contributed by atoms with Gasteiger partial charge in [-0.15, -0.1) is 0 Å². The molecule has 2 N–H and O–H groups in total. The summed E-state index contributed by atoms with van der Waals surface area (Å²) >= 11 is 0. The van der Waals surface area contributed by atoms with Crippen LogP contribution in [0.2, 0.25) is 0 Å². The number of rotatable bonds is 6. The maximum absolute atomic E-state index is 11.8. The summed E-state index contributed by atoms with van der Waals surface area (Å²) in [6.45, 7) is 5.75. The van der Waals surface area contributed by atoms with E-state index >= 15 is 0 Å². The van der Waals surface area contributed by atoms with Gasteiger partial charge in [-0.2, -0.15) is 0 Å². The van der Waals surface area contributed by atoms with Crippen molar-refractivity contribution < 1.29 is 4.74 Å². The van der Waals surface area contributed by atoms with E-state index in [9.17, 15) is 4.79 Å². The first-order valence-corrected chi connectivity index (χ1v) is 7.04. The van der Waals surface area contributed by atoms with Gasteiger partial charge in [0.2, 0.25) is 0 Å². The number of ether oxygens (including phenoxy) is 1. The van der Waals surface area contributed by atoms with Crippen molar-refractivity contribution in [2.24, 2.45) is 5.92 Å². The number of aromatic amines is 1. The van der Waals surface area contributed by atoms with Crippen molar-refractivity contribution in [3.8, 4) is 17.1 Å². The van der Waals surface area contributed by atoms with E-state index in [1.807, 2.05) is 24.3 Å². The second-order valence-corrected chi connectivity index (χ2v) is 5.34. The Morgan fingerprint density at radius 2 is 2.14 bits per heavy atom. The third-order valence-electron chi connectivity index (χ3n) is 3.00. The maximum atomic E-state index is 11.8. The molecular formula is C16H21N3O2. The number of benzene rings is 1. The van der Waals surface area contributed by atoms with Crippen LogP contribution in [0.3, 0.4) is 0 Å². The van der Waals surface area contributed by atoms with E-state index in [-0.39, 0.29) is 5.56 Å². The van der Waals surface area contributed by atoms with Crippen molar-refractivity contribution in [2.45, 2.75) is 20.4 Å². The second kappa shape index (κ2) is 7.04. The highest BCUT2D eigenvalue weighted by atomic mass is 16.5. The molecule has 0 saturated heterocycles. The minimum absolute atomic E-state index is 0.149. The van der Waals surface area contributed by atoms with E-state index in [0.717, 1.165) is 23.6 Å². The molecule has 0 atom stereocenters. The van der Waals surface area contributed by atoms with Crippen molar-refractivity contribution in [3.63, 3.8) is 0 Å². The molecule has 2 rings (SSSR count). The van der Waals surface area contributed by atoms with Crippen LogP contribution in [0.5, 0.6) is 5.75 Å². The summed E-state index contributed by atoms with van der Waals surface area (Å²) in [5.74, 6) is 1.85. The van der Waals surface area contributed by atoms with E-state index in [1.165, 1.54) is 6.07 Å². The average Bonchev–Trinajstić information content (AvgIpc) is 2.46. The van der Waals surface area contributed by atoms with Gasteiger partial charge in [-0.25, -0.2) is 4.98 Å². The smallest absolute Gasteiger partial charge is 0.251 e. The van der Waals surface area contributed by atoms with E-state index < -0.39 is 0 Å². The van der Waals surface area contributed by atoms with Gasteiger partial charge in [-0.1, -0.05) is 26.0 Å². The second-order valence-electron chi connectivity index (χ2n) is 5.34. The van der Waals surface area contributed by atoms with Crippen LogP contribution in [0.1, 0.15) is 19.5 Å². The minimum atomic E-state index is -0.149. The highest BCUT2D eigenvalue weighted by Crippen LogP contribution is 2.19. The summed E-state index contributed by atoms with van der Waals surface area (Å²) in [4.78, 5) is 19.0. The lowest BCUT2D eigenvalue weighted by molar-refractivity contribution is 0.415. The standard InChI is InChI=1S/C16H21N3O2/c1-11(2)9-17-10-13-8-15(20)19-16(18-13)12-5-4-6-14(7-12)21-3/h4-8,11,17H,9-10H2,1-3H3,(H,18,19,20). The van der Waals surface area contributed by atoms with Crippen molar-refractivity contribution in [1.82, 2.24) is 15.3 Å². The summed E-state index contributed by atoms with van der Waals surface area (Å²) in [5.41, 5.74) is 1.42. The lowest BCUT2D eigenvalue weighted by Gasteiger charge is -2.08. The summed E-state index contributed by atoms with van der Waals surface area (Å²) < 4.78 is 5.20. The van der Waals surface area contributed by atoms with Crippen molar-refractivity contribution >= 4 is 0 Å². The predicted molar refractivity (Wildman–Crippen MR) is 83.4 cm³/mol. The number of hydrogen-bond acceptors (Lipinski definition) is 4. The zero-order valence-electron chi connectivity index (χ0n) is 12.6. The Morgan fingerprint density at radius 1 is 1.33 bits per heavy atom. The van der Waals surface area contributed by atoms with Crippen LogP contribution in [-0.4, -0.2) is 23.6 Å². The van der Waals surface area contributed by atoms with Crippen LogP contribution in [-0.2, 0) is 6.54 Å². The Hall–Kier alpha value is -2.14. The van der Waals surface area contributed by atoms with Gasteiger partial charge in [0, 0.05) is 18.2 Å². The molecule has 5 nitrogen and oxygen atoms in total. The zero-order chi connectivity index (χ0) is 15.2. The number of nitrogens with one attached hydrogen (secondary N) is 2. The molecule has 21 heavy (non-hydrogen) atoms. The van der Waals surface area contributed by atoms with E-state index in [0.29, 0.717) is 18.3 Å². The van der Waals surface area contributed by atoms with E-state index in [4.69, 9.17) is 4.74 Å². The van der Waals surface area contributed by atoms with Gasteiger partial charge in [0.05, 0.1) is 12.8 Å². The molecule has 0 bridgehead atoms. The quantitative estimate of drug-likeness (QED) is 0.854. The normalized spacial score (nSPS) is 10.9. The molecule has 0 aliphatic rings. The Morgan fingerprint density at radius 3 is 2.86 bits per heavy atom. The van der Waals surface area contributed by atoms with Crippen LogP contribution in [0, 0.1) is 5.92 Å².